The van der Waals surface area contributed by atoms with E-state index in [-0.39, 0.29) is 11.8 Å². The van der Waals surface area contributed by atoms with Crippen molar-refractivity contribution in [3.8, 4) is 0 Å². The first-order valence-electron chi connectivity index (χ1n) is 7.51. The number of hydrogen-bond acceptors (Lipinski definition) is 5. The molecule has 1 saturated heterocycles. The minimum absolute atomic E-state index is 0.139. The molecule has 0 unspecified atom stereocenters. The van der Waals surface area contributed by atoms with Gasteiger partial charge in [0, 0.05) is 32.4 Å². The highest BCUT2D eigenvalue weighted by Gasteiger charge is 2.33. The zero-order chi connectivity index (χ0) is 15.7. The number of likely N-dealkylation sites (N-methyl/N-ethyl adjacent to an activating group) is 1. The second kappa shape index (κ2) is 5.85. The van der Waals surface area contributed by atoms with E-state index in [0.29, 0.717) is 19.5 Å². The first kappa shape index (κ1) is 15.2. The third-order valence-corrected chi connectivity index (χ3v) is 6.24. The minimum Gasteiger partial charge on any atom is -0.355 e. The van der Waals surface area contributed by atoms with E-state index < -0.39 is 10.0 Å². The summed E-state index contributed by atoms with van der Waals surface area (Å²) in [4.78, 5) is 13.7. The maximum Gasteiger partial charge on any atom is 0.214 e. The molecule has 0 aromatic carbocycles. The van der Waals surface area contributed by atoms with Crippen LogP contribution in [0.4, 0.5) is 5.82 Å². The molecule has 3 heterocycles. The quantitative estimate of drug-likeness (QED) is 0.894. The van der Waals surface area contributed by atoms with Crippen LogP contribution in [-0.2, 0) is 10.0 Å². The summed E-state index contributed by atoms with van der Waals surface area (Å²) in [5.41, 5.74) is 0.797. The van der Waals surface area contributed by atoms with Crippen molar-refractivity contribution in [3.05, 3.63) is 18.6 Å². The highest BCUT2D eigenvalue weighted by atomic mass is 32.2. The molecular weight excluding hydrogens is 302 g/mol. The lowest BCUT2D eigenvalue weighted by molar-refractivity contribution is 0.470. The SMILES string of the molecule is CCCS(=O)(=O)N1CC[C@@H](N(C)c2ncnc3[nH]ccc23)C1. The average molecular weight is 323 g/mol. The molecule has 1 fully saturated rings. The maximum atomic E-state index is 12.2. The molecule has 1 aliphatic heterocycles. The van der Waals surface area contributed by atoms with Gasteiger partial charge in [-0.3, -0.25) is 0 Å². The molecule has 120 valence electrons. The van der Waals surface area contributed by atoms with Gasteiger partial charge >= 0.3 is 0 Å². The predicted molar refractivity (Wildman–Crippen MR) is 86.3 cm³/mol. The Morgan fingerprint density at radius 3 is 3.05 bits per heavy atom. The van der Waals surface area contributed by atoms with Gasteiger partial charge < -0.3 is 9.88 Å². The van der Waals surface area contributed by atoms with Crippen LogP contribution in [0.1, 0.15) is 19.8 Å². The number of anilines is 1. The smallest absolute Gasteiger partial charge is 0.214 e. The molecule has 3 rings (SSSR count). The highest BCUT2D eigenvalue weighted by Crippen LogP contribution is 2.26. The Kier molecular flexibility index (Phi) is 4.05. The fourth-order valence-corrected chi connectivity index (χ4v) is 4.54. The van der Waals surface area contributed by atoms with Crippen LogP contribution in [0.15, 0.2) is 18.6 Å². The Morgan fingerprint density at radius 2 is 2.27 bits per heavy atom. The lowest BCUT2D eigenvalue weighted by atomic mass is 10.2. The van der Waals surface area contributed by atoms with Crippen LogP contribution < -0.4 is 4.90 Å². The van der Waals surface area contributed by atoms with Crippen molar-refractivity contribution in [2.75, 3.05) is 30.8 Å². The van der Waals surface area contributed by atoms with Gasteiger partial charge in [-0.1, -0.05) is 6.92 Å². The van der Waals surface area contributed by atoms with E-state index in [1.54, 1.807) is 4.31 Å². The van der Waals surface area contributed by atoms with Crippen LogP contribution in [0.2, 0.25) is 0 Å². The number of hydrogen-bond donors (Lipinski definition) is 1. The second-order valence-corrected chi connectivity index (χ2v) is 7.75. The lowest BCUT2D eigenvalue weighted by Crippen LogP contribution is -2.37. The summed E-state index contributed by atoms with van der Waals surface area (Å²) in [6.07, 6.45) is 4.83. The van der Waals surface area contributed by atoms with Crippen molar-refractivity contribution in [2.45, 2.75) is 25.8 Å². The fraction of sp³-hybridized carbons (Fsp3) is 0.571. The van der Waals surface area contributed by atoms with Gasteiger partial charge in [0.15, 0.2) is 0 Å². The second-order valence-electron chi connectivity index (χ2n) is 5.66. The van der Waals surface area contributed by atoms with Gasteiger partial charge in [-0.15, -0.1) is 0 Å². The summed E-state index contributed by atoms with van der Waals surface area (Å²) in [6.45, 7) is 2.99. The van der Waals surface area contributed by atoms with Crippen LogP contribution >= 0.6 is 0 Å². The van der Waals surface area contributed by atoms with E-state index in [1.807, 2.05) is 26.2 Å². The van der Waals surface area contributed by atoms with Gasteiger partial charge in [0.2, 0.25) is 10.0 Å². The molecule has 0 amide bonds. The van der Waals surface area contributed by atoms with Crippen LogP contribution in [0.25, 0.3) is 11.0 Å². The molecule has 2 aromatic heterocycles. The van der Waals surface area contributed by atoms with Crippen molar-refractivity contribution >= 4 is 26.9 Å². The number of fused-ring (bicyclic) bond motifs is 1. The topological polar surface area (TPSA) is 82.2 Å². The molecule has 0 aliphatic carbocycles. The number of nitrogens with one attached hydrogen (secondary N) is 1. The van der Waals surface area contributed by atoms with Gasteiger partial charge in [0.1, 0.15) is 17.8 Å². The average Bonchev–Trinajstić information content (AvgIpc) is 3.15. The van der Waals surface area contributed by atoms with Gasteiger partial charge in [-0.25, -0.2) is 18.4 Å². The molecule has 0 radical (unpaired) electrons. The summed E-state index contributed by atoms with van der Waals surface area (Å²) in [7, 11) is -1.15. The molecule has 1 atom stereocenters. The summed E-state index contributed by atoms with van der Waals surface area (Å²) in [6, 6.07) is 2.08. The Hall–Kier alpha value is -1.67. The van der Waals surface area contributed by atoms with E-state index in [4.69, 9.17) is 0 Å². The first-order valence-corrected chi connectivity index (χ1v) is 9.12. The number of sulfonamides is 1. The lowest BCUT2D eigenvalue weighted by Gasteiger charge is -2.26. The largest absolute Gasteiger partial charge is 0.355 e. The molecule has 0 bridgehead atoms. The number of rotatable bonds is 5. The zero-order valence-electron chi connectivity index (χ0n) is 12.9. The zero-order valence-corrected chi connectivity index (χ0v) is 13.7. The summed E-state index contributed by atoms with van der Waals surface area (Å²) < 4.78 is 26.0. The molecule has 1 N–H and O–H groups in total. The van der Waals surface area contributed by atoms with E-state index in [9.17, 15) is 8.42 Å². The number of aromatic nitrogens is 3. The van der Waals surface area contributed by atoms with Crippen LogP contribution in [0, 0.1) is 0 Å². The normalized spacial score (nSPS) is 19.8. The molecule has 22 heavy (non-hydrogen) atoms. The van der Waals surface area contributed by atoms with Gasteiger partial charge in [-0.05, 0) is 18.9 Å². The van der Waals surface area contributed by atoms with Crippen molar-refractivity contribution < 1.29 is 8.42 Å². The molecule has 2 aromatic rings. The van der Waals surface area contributed by atoms with E-state index in [2.05, 4.69) is 19.9 Å². The van der Waals surface area contributed by atoms with E-state index in [1.165, 1.54) is 6.33 Å². The Bertz CT molecular complexity index is 757. The summed E-state index contributed by atoms with van der Waals surface area (Å²) in [5, 5.41) is 0.958. The van der Waals surface area contributed by atoms with Crippen molar-refractivity contribution in [2.24, 2.45) is 0 Å². The summed E-state index contributed by atoms with van der Waals surface area (Å²) >= 11 is 0. The third kappa shape index (κ3) is 2.68. The van der Waals surface area contributed by atoms with Crippen LogP contribution in [0.3, 0.4) is 0 Å². The monoisotopic (exact) mass is 323 g/mol. The maximum absolute atomic E-state index is 12.2. The van der Waals surface area contributed by atoms with Crippen molar-refractivity contribution in [3.63, 3.8) is 0 Å². The molecule has 0 saturated carbocycles. The molecule has 7 nitrogen and oxygen atoms in total. The Balaban J connectivity index is 1.80. The Labute approximate surface area is 130 Å². The molecular formula is C14H21N5O2S. The minimum atomic E-state index is -3.12. The number of nitrogens with zero attached hydrogens (tertiary/aromatic N) is 4. The van der Waals surface area contributed by atoms with Gasteiger partial charge in [0.05, 0.1) is 11.1 Å². The molecule has 1 aliphatic rings. The number of H-pyrrole nitrogens is 1. The number of aromatic amines is 1. The van der Waals surface area contributed by atoms with Gasteiger partial charge in [0.25, 0.3) is 0 Å². The van der Waals surface area contributed by atoms with Crippen molar-refractivity contribution in [1.82, 2.24) is 19.3 Å². The van der Waals surface area contributed by atoms with Crippen LogP contribution in [0.5, 0.6) is 0 Å². The first-order chi connectivity index (χ1) is 10.5. The highest BCUT2D eigenvalue weighted by molar-refractivity contribution is 7.89. The van der Waals surface area contributed by atoms with E-state index in [0.717, 1.165) is 23.3 Å². The van der Waals surface area contributed by atoms with E-state index >= 15 is 0 Å². The van der Waals surface area contributed by atoms with Crippen LogP contribution in [-0.4, -0.2) is 59.6 Å². The fourth-order valence-electron chi connectivity index (χ4n) is 2.98. The molecule has 8 heteroatoms. The standard InChI is InChI=1S/C14H21N5O2S/c1-3-8-22(20,21)19-7-5-11(9-19)18(2)14-12-4-6-15-13(12)16-10-17-14/h4,6,10-11H,3,5,7-9H2,1-2H3,(H,15,16,17)/t11-/m1/s1. The summed E-state index contributed by atoms with van der Waals surface area (Å²) in [5.74, 6) is 1.06. The third-order valence-electron chi connectivity index (χ3n) is 4.20. The predicted octanol–water partition coefficient (Wildman–Crippen LogP) is 1.21. The van der Waals surface area contributed by atoms with Gasteiger partial charge in [-0.2, -0.15) is 4.31 Å². The Morgan fingerprint density at radius 1 is 1.45 bits per heavy atom. The molecule has 0 spiro atoms. The van der Waals surface area contributed by atoms with Crippen molar-refractivity contribution in [1.29, 1.82) is 0 Å².